The molecule has 2 aromatic heterocycles. The molecule has 34 heavy (non-hydrogen) atoms. The van der Waals surface area contributed by atoms with Crippen LogP contribution in [-0.2, 0) is 17.6 Å². The van der Waals surface area contributed by atoms with E-state index >= 15 is 0 Å². The summed E-state index contributed by atoms with van der Waals surface area (Å²) in [4.78, 5) is 33.4. The Bertz CT molecular complexity index is 1460. The summed E-state index contributed by atoms with van der Waals surface area (Å²) in [7, 11) is 0. The average molecular weight is 575 g/mol. The highest BCUT2D eigenvalue weighted by atomic mass is 79.9. The van der Waals surface area contributed by atoms with Crippen LogP contribution in [0.3, 0.4) is 0 Å². The van der Waals surface area contributed by atoms with E-state index in [1.807, 2.05) is 37.3 Å². The monoisotopic (exact) mass is 573 g/mol. The number of aromatic nitrogens is 2. The second-order valence-corrected chi connectivity index (χ2v) is 11.5. The van der Waals surface area contributed by atoms with Gasteiger partial charge in [0.15, 0.2) is 5.16 Å². The first-order valence-corrected chi connectivity index (χ1v) is 13.9. The molecule has 5 nitrogen and oxygen atoms in total. The highest BCUT2D eigenvalue weighted by Crippen LogP contribution is 2.35. The van der Waals surface area contributed by atoms with Crippen molar-refractivity contribution in [2.24, 2.45) is 0 Å². The van der Waals surface area contributed by atoms with Crippen LogP contribution in [0.15, 0.2) is 56.9 Å². The van der Waals surface area contributed by atoms with Gasteiger partial charge in [-0.2, -0.15) is 0 Å². The molecule has 2 heterocycles. The Kier molecular flexibility index (Phi) is 6.84. The summed E-state index contributed by atoms with van der Waals surface area (Å²) in [5.74, 6) is -0.0662. The first-order valence-electron chi connectivity index (χ1n) is 10.9. The van der Waals surface area contributed by atoms with E-state index in [1.54, 1.807) is 28.0 Å². The Morgan fingerprint density at radius 3 is 2.76 bits per heavy atom. The van der Waals surface area contributed by atoms with Gasteiger partial charge in [0, 0.05) is 20.1 Å². The van der Waals surface area contributed by atoms with Gasteiger partial charge in [0.05, 0.1) is 16.8 Å². The first kappa shape index (κ1) is 23.6. The van der Waals surface area contributed by atoms with Gasteiger partial charge in [-0.3, -0.25) is 14.2 Å². The molecule has 174 valence electrons. The van der Waals surface area contributed by atoms with E-state index in [4.69, 9.17) is 16.6 Å². The zero-order chi connectivity index (χ0) is 23.8. The van der Waals surface area contributed by atoms with Crippen LogP contribution in [0.4, 0.5) is 5.69 Å². The number of benzene rings is 2. The number of carbonyl (C=O) groups is 1. The van der Waals surface area contributed by atoms with Gasteiger partial charge in [-0.05, 0) is 80.1 Å². The van der Waals surface area contributed by atoms with Crippen molar-refractivity contribution in [3.63, 3.8) is 0 Å². The summed E-state index contributed by atoms with van der Waals surface area (Å²) >= 11 is 12.5. The molecule has 0 saturated carbocycles. The molecule has 0 radical (unpaired) electrons. The average Bonchev–Trinajstić information content (AvgIpc) is 3.20. The quantitative estimate of drug-likeness (QED) is 0.211. The predicted molar refractivity (Wildman–Crippen MR) is 145 cm³/mol. The topological polar surface area (TPSA) is 64.0 Å². The molecule has 1 amide bonds. The molecule has 9 heteroatoms. The van der Waals surface area contributed by atoms with Crippen LogP contribution in [0.25, 0.3) is 15.9 Å². The normalized spacial score (nSPS) is 13.1. The number of hydrogen-bond acceptors (Lipinski definition) is 5. The van der Waals surface area contributed by atoms with Gasteiger partial charge in [-0.1, -0.05) is 45.4 Å². The van der Waals surface area contributed by atoms with Gasteiger partial charge >= 0.3 is 0 Å². The van der Waals surface area contributed by atoms with Gasteiger partial charge in [0.25, 0.3) is 5.56 Å². The number of anilines is 1. The number of carbonyl (C=O) groups excluding carboxylic acids is 1. The van der Waals surface area contributed by atoms with Crippen LogP contribution in [-0.4, -0.2) is 21.2 Å². The molecular weight excluding hydrogens is 554 g/mol. The van der Waals surface area contributed by atoms with Crippen LogP contribution in [0.1, 0.15) is 28.8 Å². The van der Waals surface area contributed by atoms with E-state index in [2.05, 4.69) is 21.2 Å². The lowest BCUT2D eigenvalue weighted by molar-refractivity contribution is -0.113. The van der Waals surface area contributed by atoms with Crippen LogP contribution >= 0.6 is 50.6 Å². The molecule has 1 aliphatic rings. The Labute approximate surface area is 218 Å². The zero-order valence-electron chi connectivity index (χ0n) is 18.4. The lowest BCUT2D eigenvalue weighted by atomic mass is 9.97. The van der Waals surface area contributed by atoms with Crippen LogP contribution in [0.5, 0.6) is 0 Å². The predicted octanol–water partition coefficient (Wildman–Crippen LogP) is 6.78. The maximum absolute atomic E-state index is 13.8. The Morgan fingerprint density at radius 2 is 1.97 bits per heavy atom. The minimum absolute atomic E-state index is 0.0692. The van der Waals surface area contributed by atoms with Crippen LogP contribution in [0, 0.1) is 6.92 Å². The van der Waals surface area contributed by atoms with Crippen LogP contribution in [0.2, 0.25) is 5.02 Å². The number of halogens is 2. The summed E-state index contributed by atoms with van der Waals surface area (Å²) in [6, 6.07) is 13.0. The fourth-order valence-corrected chi connectivity index (χ4v) is 6.71. The molecule has 0 unspecified atom stereocenters. The molecule has 4 aromatic rings. The zero-order valence-corrected chi connectivity index (χ0v) is 22.3. The number of nitrogens with zero attached hydrogens (tertiary/aromatic N) is 2. The van der Waals surface area contributed by atoms with Crippen molar-refractivity contribution in [3.05, 3.63) is 78.3 Å². The van der Waals surface area contributed by atoms with Gasteiger partial charge in [-0.15, -0.1) is 11.3 Å². The smallest absolute Gasteiger partial charge is 0.267 e. The fourth-order valence-electron chi connectivity index (χ4n) is 4.16. The van der Waals surface area contributed by atoms with E-state index in [1.165, 1.54) is 16.6 Å². The Balaban J connectivity index is 1.52. The molecule has 0 fully saturated rings. The molecule has 1 N–H and O–H groups in total. The Hall–Kier alpha value is -2.13. The third-order valence-electron chi connectivity index (χ3n) is 5.92. The molecule has 0 atom stereocenters. The molecule has 1 aliphatic carbocycles. The third kappa shape index (κ3) is 4.56. The van der Waals surface area contributed by atoms with E-state index in [0.717, 1.165) is 57.2 Å². The maximum Gasteiger partial charge on any atom is 0.267 e. The number of thioether (sulfide) groups is 1. The van der Waals surface area contributed by atoms with Crippen molar-refractivity contribution in [2.75, 3.05) is 11.1 Å². The largest absolute Gasteiger partial charge is 0.325 e. The summed E-state index contributed by atoms with van der Waals surface area (Å²) in [6.45, 7) is 1.87. The molecule has 0 aliphatic heterocycles. The highest BCUT2D eigenvalue weighted by molar-refractivity contribution is 9.10. The second kappa shape index (κ2) is 9.85. The number of thiophene rings is 1. The number of amides is 1. The molecule has 5 rings (SSSR count). The van der Waals surface area contributed by atoms with Crippen molar-refractivity contribution >= 4 is 72.4 Å². The highest BCUT2D eigenvalue weighted by Gasteiger charge is 2.23. The molecular formula is C25H21BrClN3O2S2. The van der Waals surface area contributed by atoms with E-state index < -0.39 is 0 Å². The van der Waals surface area contributed by atoms with Crippen molar-refractivity contribution in [1.82, 2.24) is 9.55 Å². The van der Waals surface area contributed by atoms with E-state index in [-0.39, 0.29) is 17.2 Å². The minimum atomic E-state index is -0.183. The van der Waals surface area contributed by atoms with Crippen molar-refractivity contribution in [1.29, 1.82) is 0 Å². The van der Waals surface area contributed by atoms with E-state index in [9.17, 15) is 9.59 Å². The number of nitrogens with one attached hydrogen (secondary N) is 1. The van der Waals surface area contributed by atoms with Crippen LogP contribution < -0.4 is 10.9 Å². The van der Waals surface area contributed by atoms with Crippen molar-refractivity contribution in [2.45, 2.75) is 37.8 Å². The van der Waals surface area contributed by atoms with Gasteiger partial charge in [0.2, 0.25) is 5.91 Å². The number of rotatable bonds is 5. The van der Waals surface area contributed by atoms with E-state index in [0.29, 0.717) is 15.9 Å². The second-order valence-electron chi connectivity index (χ2n) is 8.15. The number of hydrogen-bond donors (Lipinski definition) is 1. The summed E-state index contributed by atoms with van der Waals surface area (Å²) in [5, 5.41) is 4.76. The van der Waals surface area contributed by atoms with Crippen molar-refractivity contribution in [3.8, 4) is 5.69 Å². The molecule has 2 aromatic carbocycles. The van der Waals surface area contributed by atoms with Crippen molar-refractivity contribution < 1.29 is 4.79 Å². The summed E-state index contributed by atoms with van der Waals surface area (Å²) in [6.07, 6.45) is 4.15. The van der Waals surface area contributed by atoms with Gasteiger partial charge < -0.3 is 5.32 Å². The lowest BCUT2D eigenvalue weighted by Crippen LogP contribution is -2.23. The summed E-state index contributed by atoms with van der Waals surface area (Å²) in [5.41, 5.74) is 3.31. The molecule has 0 bridgehead atoms. The minimum Gasteiger partial charge on any atom is -0.325 e. The lowest BCUT2D eigenvalue weighted by Gasteiger charge is -2.14. The number of fused-ring (bicyclic) bond motifs is 3. The third-order valence-corrected chi connectivity index (χ3v) is 8.98. The first-order chi connectivity index (χ1) is 16.4. The van der Waals surface area contributed by atoms with Gasteiger partial charge in [-0.25, -0.2) is 4.98 Å². The standard InChI is InChI=1S/C25H21BrClN3O2S2/c1-14-18(27)6-4-7-19(14)28-21(31)13-33-25-29-23-22(17-5-2-3-8-20(17)34-23)24(32)30(25)16-11-9-15(26)10-12-16/h4,6-7,9-12H,2-3,5,8,13H2,1H3,(H,28,31). The molecule has 0 spiro atoms. The number of aryl methyl sites for hydroxylation is 2. The fraction of sp³-hybridized carbons (Fsp3) is 0.240. The molecule has 0 saturated heterocycles. The summed E-state index contributed by atoms with van der Waals surface area (Å²) < 4.78 is 2.57. The maximum atomic E-state index is 13.8. The van der Waals surface area contributed by atoms with Gasteiger partial charge in [0.1, 0.15) is 4.83 Å². The SMILES string of the molecule is Cc1c(Cl)cccc1NC(=O)CSc1nc2sc3c(c2c(=O)n1-c1ccc(Br)cc1)CCCC3. The Morgan fingerprint density at radius 1 is 1.21 bits per heavy atom.